The van der Waals surface area contributed by atoms with Crippen LogP contribution in [0.1, 0.15) is 45.6 Å². The lowest BCUT2D eigenvalue weighted by atomic mass is 9.65. The number of nitrogens with zero attached hydrogens (tertiary/aromatic N) is 1. The highest BCUT2D eigenvalue weighted by atomic mass is 16.1. The van der Waals surface area contributed by atoms with Crippen molar-refractivity contribution in [3.8, 4) is 0 Å². The number of carbonyl (C=O) groups excluding carboxylic acids is 1. The second kappa shape index (κ2) is 5.25. The van der Waals surface area contributed by atoms with Crippen LogP contribution in [0, 0.1) is 11.8 Å². The largest absolute Gasteiger partial charge is 0.299 e. The molecule has 2 aromatic rings. The molecule has 0 saturated heterocycles. The molecular formula is C19H23NO. The van der Waals surface area contributed by atoms with Gasteiger partial charge in [-0.25, -0.2) is 0 Å². The van der Waals surface area contributed by atoms with Gasteiger partial charge in [0, 0.05) is 29.3 Å². The maximum Gasteiger partial charge on any atom is 0.137 e. The highest BCUT2D eigenvalue weighted by Gasteiger charge is 2.39. The van der Waals surface area contributed by atoms with Crippen LogP contribution in [-0.2, 0) is 10.2 Å². The van der Waals surface area contributed by atoms with Gasteiger partial charge in [0.2, 0.25) is 0 Å². The quantitative estimate of drug-likeness (QED) is 0.810. The van der Waals surface area contributed by atoms with Crippen molar-refractivity contribution in [2.24, 2.45) is 11.8 Å². The molecule has 0 radical (unpaired) electrons. The molecule has 21 heavy (non-hydrogen) atoms. The number of rotatable bonds is 2. The Morgan fingerprint density at radius 2 is 1.95 bits per heavy atom. The van der Waals surface area contributed by atoms with Crippen LogP contribution in [0.3, 0.4) is 0 Å². The van der Waals surface area contributed by atoms with Crippen LogP contribution in [0.5, 0.6) is 0 Å². The molecule has 1 aliphatic carbocycles. The number of aromatic nitrogens is 1. The summed E-state index contributed by atoms with van der Waals surface area (Å²) >= 11 is 0. The van der Waals surface area contributed by atoms with Gasteiger partial charge in [-0.3, -0.25) is 9.78 Å². The van der Waals surface area contributed by atoms with Gasteiger partial charge in [-0.15, -0.1) is 0 Å². The number of Topliss-reactive ketones (excluding diaryl/α,β-unsaturated/α-hetero) is 1. The van der Waals surface area contributed by atoms with Crippen LogP contribution < -0.4 is 0 Å². The van der Waals surface area contributed by atoms with E-state index < -0.39 is 0 Å². The number of benzene rings is 1. The van der Waals surface area contributed by atoms with Crippen LogP contribution in [0.2, 0.25) is 0 Å². The minimum Gasteiger partial charge on any atom is -0.299 e. The fourth-order valence-corrected chi connectivity index (χ4v) is 3.59. The first-order chi connectivity index (χ1) is 9.98. The molecule has 0 amide bonds. The third-order valence-electron chi connectivity index (χ3n) is 5.09. The average Bonchev–Trinajstić information content (AvgIpc) is 2.46. The molecule has 2 nitrogen and oxygen atoms in total. The molecular weight excluding hydrogens is 258 g/mol. The van der Waals surface area contributed by atoms with Crippen LogP contribution in [-0.4, -0.2) is 10.8 Å². The Labute approximate surface area is 126 Å². The summed E-state index contributed by atoms with van der Waals surface area (Å²) in [6.45, 7) is 6.56. The molecule has 1 saturated carbocycles. The topological polar surface area (TPSA) is 30.0 Å². The SMILES string of the molecule is CC1CCC(C(C)(C)c2cnc3ccccc3c2)C(=O)C1. The number of hydrogen-bond donors (Lipinski definition) is 0. The van der Waals surface area contributed by atoms with Crippen molar-refractivity contribution in [2.45, 2.75) is 45.4 Å². The van der Waals surface area contributed by atoms with Gasteiger partial charge in [-0.1, -0.05) is 39.0 Å². The van der Waals surface area contributed by atoms with Gasteiger partial charge in [-0.2, -0.15) is 0 Å². The second-order valence-electron chi connectivity index (χ2n) is 7.04. The molecule has 3 rings (SSSR count). The van der Waals surface area contributed by atoms with E-state index in [9.17, 15) is 4.79 Å². The summed E-state index contributed by atoms with van der Waals surface area (Å²) in [7, 11) is 0. The monoisotopic (exact) mass is 281 g/mol. The lowest BCUT2D eigenvalue weighted by Gasteiger charge is -2.37. The standard InChI is InChI=1S/C19H23NO/c1-13-8-9-16(18(21)10-13)19(2,3)15-11-14-6-4-5-7-17(14)20-12-15/h4-7,11-13,16H,8-10H2,1-3H3. The number of fused-ring (bicyclic) bond motifs is 1. The summed E-state index contributed by atoms with van der Waals surface area (Å²) in [6, 6.07) is 10.4. The van der Waals surface area contributed by atoms with Crippen molar-refractivity contribution in [2.75, 3.05) is 0 Å². The normalized spacial score (nSPS) is 23.5. The first-order valence-electron chi connectivity index (χ1n) is 7.86. The zero-order valence-electron chi connectivity index (χ0n) is 13.1. The molecule has 1 fully saturated rings. The second-order valence-corrected chi connectivity index (χ2v) is 7.04. The van der Waals surface area contributed by atoms with Gasteiger partial charge in [0.1, 0.15) is 5.78 Å². The van der Waals surface area contributed by atoms with Crippen molar-refractivity contribution >= 4 is 16.7 Å². The lowest BCUT2D eigenvalue weighted by molar-refractivity contribution is -0.128. The van der Waals surface area contributed by atoms with Gasteiger partial charge in [0.15, 0.2) is 0 Å². The Balaban J connectivity index is 1.97. The van der Waals surface area contributed by atoms with Crippen molar-refractivity contribution in [1.82, 2.24) is 4.98 Å². The number of pyridine rings is 1. The van der Waals surface area contributed by atoms with Crippen molar-refractivity contribution in [1.29, 1.82) is 0 Å². The Kier molecular flexibility index (Phi) is 3.56. The highest BCUT2D eigenvalue weighted by molar-refractivity contribution is 5.84. The smallest absolute Gasteiger partial charge is 0.137 e. The minimum absolute atomic E-state index is 0.122. The Bertz CT molecular complexity index is 674. The maximum absolute atomic E-state index is 12.5. The number of ketones is 1. The van der Waals surface area contributed by atoms with Crippen LogP contribution >= 0.6 is 0 Å². The van der Waals surface area contributed by atoms with E-state index in [1.54, 1.807) is 0 Å². The Morgan fingerprint density at radius 3 is 2.71 bits per heavy atom. The lowest BCUT2D eigenvalue weighted by Crippen LogP contribution is -2.38. The molecule has 2 unspecified atom stereocenters. The number of carbonyl (C=O) groups is 1. The summed E-state index contributed by atoms with van der Waals surface area (Å²) in [5, 5.41) is 1.15. The summed E-state index contributed by atoms with van der Waals surface area (Å²) in [5.74, 6) is 1.09. The summed E-state index contributed by atoms with van der Waals surface area (Å²) in [5.41, 5.74) is 2.04. The molecule has 110 valence electrons. The predicted octanol–water partition coefficient (Wildman–Crippen LogP) is 4.52. The van der Waals surface area contributed by atoms with Crippen LogP contribution in [0.15, 0.2) is 36.5 Å². The zero-order valence-corrected chi connectivity index (χ0v) is 13.1. The van der Waals surface area contributed by atoms with Gasteiger partial charge in [0.25, 0.3) is 0 Å². The average molecular weight is 281 g/mol. The number of hydrogen-bond acceptors (Lipinski definition) is 2. The van der Waals surface area contributed by atoms with E-state index in [0.29, 0.717) is 11.7 Å². The van der Waals surface area contributed by atoms with Gasteiger partial charge in [-0.05, 0) is 36.5 Å². The Morgan fingerprint density at radius 1 is 1.19 bits per heavy atom. The maximum atomic E-state index is 12.5. The van der Waals surface area contributed by atoms with Gasteiger partial charge < -0.3 is 0 Å². The van der Waals surface area contributed by atoms with Crippen molar-refractivity contribution in [3.63, 3.8) is 0 Å². The third-order valence-corrected chi connectivity index (χ3v) is 5.09. The molecule has 1 aromatic carbocycles. The molecule has 0 spiro atoms. The Hall–Kier alpha value is -1.70. The summed E-state index contributed by atoms with van der Waals surface area (Å²) in [4.78, 5) is 17.0. The molecule has 0 bridgehead atoms. The first-order valence-corrected chi connectivity index (χ1v) is 7.86. The van der Waals surface area contributed by atoms with Crippen molar-refractivity contribution in [3.05, 3.63) is 42.1 Å². The van der Waals surface area contributed by atoms with E-state index >= 15 is 0 Å². The molecule has 2 atom stereocenters. The first kappa shape index (κ1) is 14.2. The minimum atomic E-state index is -0.145. The molecule has 0 N–H and O–H groups in total. The van der Waals surface area contributed by atoms with E-state index in [4.69, 9.17) is 0 Å². The van der Waals surface area contributed by atoms with E-state index in [1.807, 2.05) is 24.4 Å². The fourth-order valence-electron chi connectivity index (χ4n) is 3.59. The molecule has 1 heterocycles. The molecule has 0 aliphatic heterocycles. The fraction of sp³-hybridized carbons (Fsp3) is 0.474. The highest BCUT2D eigenvalue weighted by Crippen LogP contribution is 2.40. The van der Waals surface area contributed by atoms with Crippen LogP contribution in [0.4, 0.5) is 0 Å². The van der Waals surface area contributed by atoms with E-state index in [1.165, 1.54) is 5.56 Å². The van der Waals surface area contributed by atoms with Crippen molar-refractivity contribution < 1.29 is 4.79 Å². The van der Waals surface area contributed by atoms with Crippen LogP contribution in [0.25, 0.3) is 10.9 Å². The molecule has 2 heteroatoms. The summed E-state index contributed by atoms with van der Waals surface area (Å²) < 4.78 is 0. The van der Waals surface area contributed by atoms with E-state index in [2.05, 4.69) is 37.9 Å². The van der Waals surface area contributed by atoms with Gasteiger partial charge in [0.05, 0.1) is 5.52 Å². The predicted molar refractivity (Wildman–Crippen MR) is 86.3 cm³/mol. The zero-order chi connectivity index (χ0) is 15.0. The summed E-state index contributed by atoms with van der Waals surface area (Å²) in [6.07, 6.45) is 4.84. The van der Waals surface area contributed by atoms with E-state index in [0.717, 1.165) is 30.2 Å². The molecule has 1 aromatic heterocycles. The third kappa shape index (κ3) is 2.59. The van der Waals surface area contributed by atoms with Gasteiger partial charge >= 0.3 is 0 Å². The number of para-hydroxylation sites is 1. The molecule has 1 aliphatic rings. The van der Waals surface area contributed by atoms with E-state index in [-0.39, 0.29) is 11.3 Å².